The third kappa shape index (κ3) is 5.15. The van der Waals surface area contributed by atoms with Crippen molar-refractivity contribution in [3.8, 4) is 0 Å². The van der Waals surface area contributed by atoms with E-state index in [1.165, 1.54) is 0 Å². The Bertz CT molecular complexity index is 376. The van der Waals surface area contributed by atoms with Gasteiger partial charge in [0, 0.05) is 13.0 Å². The minimum absolute atomic E-state index is 0.0385. The van der Waals surface area contributed by atoms with Crippen molar-refractivity contribution in [1.29, 1.82) is 0 Å². The molecular weight excluding hydrogens is 218 g/mol. The minimum atomic E-state index is -0.948. The van der Waals surface area contributed by atoms with Gasteiger partial charge in [0.25, 0.3) is 0 Å². The SMILES string of the molecule is CC(CNC(=O)CCC(=O)O)c1ccccc1. The molecule has 0 heterocycles. The Labute approximate surface area is 101 Å². The summed E-state index contributed by atoms with van der Waals surface area (Å²) >= 11 is 0. The van der Waals surface area contributed by atoms with Crippen LogP contribution in [0.4, 0.5) is 0 Å². The van der Waals surface area contributed by atoms with Gasteiger partial charge in [-0.05, 0) is 11.5 Å². The third-order valence-corrected chi connectivity index (χ3v) is 2.54. The van der Waals surface area contributed by atoms with Gasteiger partial charge in [-0.3, -0.25) is 9.59 Å². The molecule has 0 radical (unpaired) electrons. The highest BCUT2D eigenvalue weighted by Crippen LogP contribution is 2.12. The number of aliphatic carboxylic acids is 1. The number of nitrogens with one attached hydrogen (secondary N) is 1. The zero-order valence-corrected chi connectivity index (χ0v) is 9.85. The van der Waals surface area contributed by atoms with E-state index in [1.54, 1.807) is 0 Å². The van der Waals surface area contributed by atoms with Crippen LogP contribution in [0.25, 0.3) is 0 Å². The zero-order chi connectivity index (χ0) is 12.7. The lowest BCUT2D eigenvalue weighted by atomic mass is 10.0. The van der Waals surface area contributed by atoms with Crippen molar-refractivity contribution < 1.29 is 14.7 Å². The molecule has 1 amide bonds. The predicted molar refractivity (Wildman–Crippen MR) is 64.7 cm³/mol. The molecule has 1 unspecified atom stereocenters. The highest BCUT2D eigenvalue weighted by Gasteiger charge is 2.08. The lowest BCUT2D eigenvalue weighted by Crippen LogP contribution is -2.27. The molecule has 0 spiro atoms. The van der Waals surface area contributed by atoms with Gasteiger partial charge in [0.15, 0.2) is 0 Å². The molecule has 0 fully saturated rings. The van der Waals surface area contributed by atoms with Crippen molar-refractivity contribution in [2.75, 3.05) is 6.54 Å². The molecule has 0 aliphatic carbocycles. The summed E-state index contributed by atoms with van der Waals surface area (Å²) in [5, 5.41) is 11.2. The maximum Gasteiger partial charge on any atom is 0.303 e. The highest BCUT2D eigenvalue weighted by atomic mass is 16.4. The summed E-state index contributed by atoms with van der Waals surface area (Å²) in [6.07, 6.45) is -0.0810. The standard InChI is InChI=1S/C13H17NO3/c1-10(11-5-3-2-4-6-11)9-14-12(15)7-8-13(16)17/h2-6,10H,7-9H2,1H3,(H,14,15)(H,16,17). The Morgan fingerprint density at radius 1 is 1.24 bits per heavy atom. The van der Waals surface area contributed by atoms with E-state index in [-0.39, 0.29) is 24.7 Å². The van der Waals surface area contributed by atoms with E-state index < -0.39 is 5.97 Å². The number of carboxylic acids is 1. The lowest BCUT2D eigenvalue weighted by Gasteiger charge is -2.12. The van der Waals surface area contributed by atoms with Crippen LogP contribution in [0.1, 0.15) is 31.2 Å². The average molecular weight is 235 g/mol. The summed E-state index contributed by atoms with van der Waals surface area (Å²) in [5.74, 6) is -0.934. The number of hydrogen-bond donors (Lipinski definition) is 2. The number of carbonyl (C=O) groups excluding carboxylic acids is 1. The van der Waals surface area contributed by atoms with Gasteiger partial charge in [-0.15, -0.1) is 0 Å². The predicted octanol–water partition coefficient (Wildman–Crippen LogP) is 1.77. The zero-order valence-electron chi connectivity index (χ0n) is 9.85. The summed E-state index contributed by atoms with van der Waals surface area (Å²) in [6.45, 7) is 2.55. The maximum atomic E-state index is 11.3. The molecule has 0 saturated carbocycles. The molecule has 1 rings (SSSR count). The van der Waals surface area contributed by atoms with Gasteiger partial charge in [-0.25, -0.2) is 0 Å². The van der Waals surface area contributed by atoms with Crippen molar-refractivity contribution in [1.82, 2.24) is 5.32 Å². The summed E-state index contributed by atoms with van der Waals surface area (Å²) in [7, 11) is 0. The molecule has 0 aromatic heterocycles. The second-order valence-electron chi connectivity index (χ2n) is 4.01. The first-order valence-electron chi connectivity index (χ1n) is 5.63. The molecule has 17 heavy (non-hydrogen) atoms. The lowest BCUT2D eigenvalue weighted by molar-refractivity contribution is -0.138. The normalized spacial score (nSPS) is 11.8. The van der Waals surface area contributed by atoms with Crippen LogP contribution in [-0.2, 0) is 9.59 Å². The van der Waals surface area contributed by atoms with Crippen molar-refractivity contribution >= 4 is 11.9 Å². The van der Waals surface area contributed by atoms with Gasteiger partial charge in [-0.1, -0.05) is 37.3 Å². The summed E-state index contributed by atoms with van der Waals surface area (Å²) < 4.78 is 0. The van der Waals surface area contributed by atoms with E-state index in [2.05, 4.69) is 5.32 Å². The molecule has 0 aliphatic rings. The molecular formula is C13H17NO3. The molecule has 0 aliphatic heterocycles. The smallest absolute Gasteiger partial charge is 0.303 e. The molecule has 1 aromatic carbocycles. The largest absolute Gasteiger partial charge is 0.481 e. The van der Waals surface area contributed by atoms with Crippen molar-refractivity contribution in [2.45, 2.75) is 25.7 Å². The Hall–Kier alpha value is -1.84. The molecule has 4 nitrogen and oxygen atoms in total. The molecule has 1 atom stereocenters. The van der Waals surface area contributed by atoms with Gasteiger partial charge in [-0.2, -0.15) is 0 Å². The quantitative estimate of drug-likeness (QED) is 0.789. The fourth-order valence-corrected chi connectivity index (χ4v) is 1.48. The third-order valence-electron chi connectivity index (χ3n) is 2.54. The fraction of sp³-hybridized carbons (Fsp3) is 0.385. The van der Waals surface area contributed by atoms with E-state index in [9.17, 15) is 9.59 Å². The first-order chi connectivity index (χ1) is 8.09. The maximum absolute atomic E-state index is 11.3. The van der Waals surface area contributed by atoms with E-state index in [4.69, 9.17) is 5.11 Å². The number of amides is 1. The van der Waals surface area contributed by atoms with E-state index in [0.717, 1.165) is 5.56 Å². The number of benzene rings is 1. The van der Waals surface area contributed by atoms with E-state index in [1.807, 2.05) is 37.3 Å². The number of carboxylic acid groups (broad SMARTS) is 1. The van der Waals surface area contributed by atoms with Crippen LogP contribution in [0.5, 0.6) is 0 Å². The fourth-order valence-electron chi connectivity index (χ4n) is 1.48. The molecule has 92 valence electrons. The second-order valence-corrected chi connectivity index (χ2v) is 4.01. The monoisotopic (exact) mass is 235 g/mol. The highest BCUT2D eigenvalue weighted by molar-refractivity contribution is 5.80. The summed E-state index contributed by atoms with van der Waals surface area (Å²) in [5.41, 5.74) is 1.16. The Kier molecular flexibility index (Phi) is 5.20. The van der Waals surface area contributed by atoms with Gasteiger partial charge in [0.1, 0.15) is 0 Å². The molecule has 0 saturated heterocycles. The molecule has 2 N–H and O–H groups in total. The van der Waals surface area contributed by atoms with E-state index >= 15 is 0 Å². The van der Waals surface area contributed by atoms with Gasteiger partial charge >= 0.3 is 5.97 Å². The minimum Gasteiger partial charge on any atom is -0.481 e. The van der Waals surface area contributed by atoms with Crippen LogP contribution < -0.4 is 5.32 Å². The average Bonchev–Trinajstić information content (AvgIpc) is 2.34. The van der Waals surface area contributed by atoms with Gasteiger partial charge in [0.2, 0.25) is 5.91 Å². The van der Waals surface area contributed by atoms with Crippen molar-refractivity contribution in [2.24, 2.45) is 0 Å². The summed E-state index contributed by atoms with van der Waals surface area (Å²) in [6, 6.07) is 9.87. The molecule has 1 aromatic rings. The molecule has 0 bridgehead atoms. The number of rotatable bonds is 6. The Balaban J connectivity index is 2.31. The first-order valence-corrected chi connectivity index (χ1v) is 5.63. The second kappa shape index (κ2) is 6.68. The van der Waals surface area contributed by atoms with Gasteiger partial charge in [0.05, 0.1) is 6.42 Å². The van der Waals surface area contributed by atoms with Crippen LogP contribution in [0.3, 0.4) is 0 Å². The first kappa shape index (κ1) is 13.2. The van der Waals surface area contributed by atoms with Crippen molar-refractivity contribution in [3.63, 3.8) is 0 Å². The molecule has 4 heteroatoms. The van der Waals surface area contributed by atoms with Crippen LogP contribution in [0.2, 0.25) is 0 Å². The number of carbonyl (C=O) groups is 2. The van der Waals surface area contributed by atoms with Crippen LogP contribution in [0, 0.1) is 0 Å². The topological polar surface area (TPSA) is 66.4 Å². The Morgan fingerprint density at radius 3 is 2.47 bits per heavy atom. The van der Waals surface area contributed by atoms with Crippen LogP contribution >= 0.6 is 0 Å². The van der Waals surface area contributed by atoms with E-state index in [0.29, 0.717) is 6.54 Å². The van der Waals surface area contributed by atoms with Crippen molar-refractivity contribution in [3.05, 3.63) is 35.9 Å². The van der Waals surface area contributed by atoms with Crippen LogP contribution in [-0.4, -0.2) is 23.5 Å². The van der Waals surface area contributed by atoms with Gasteiger partial charge < -0.3 is 10.4 Å². The Morgan fingerprint density at radius 2 is 1.88 bits per heavy atom. The number of hydrogen-bond acceptors (Lipinski definition) is 2. The summed E-state index contributed by atoms with van der Waals surface area (Å²) in [4.78, 5) is 21.6. The van der Waals surface area contributed by atoms with Crippen LogP contribution in [0.15, 0.2) is 30.3 Å².